The molecule has 1 aliphatic heterocycles. The zero-order valence-electron chi connectivity index (χ0n) is 8.41. The zero-order chi connectivity index (χ0) is 10.2. The molecule has 1 saturated heterocycles. The molecule has 1 aliphatic carbocycles. The standard InChI is InChI=1S/C9H18N2O2S/c10-7-9(1-2-9)8-11-3-5-14(12,13)6-4-11/h1-8,10H2. The highest BCUT2D eigenvalue weighted by Gasteiger charge is 2.43. The van der Waals surface area contributed by atoms with Crippen LogP contribution < -0.4 is 5.73 Å². The van der Waals surface area contributed by atoms with Gasteiger partial charge in [-0.3, -0.25) is 0 Å². The zero-order valence-corrected chi connectivity index (χ0v) is 9.22. The van der Waals surface area contributed by atoms with Gasteiger partial charge in [-0.1, -0.05) is 0 Å². The van der Waals surface area contributed by atoms with Gasteiger partial charge in [0, 0.05) is 19.6 Å². The van der Waals surface area contributed by atoms with Crippen molar-refractivity contribution in [1.29, 1.82) is 0 Å². The van der Waals surface area contributed by atoms with Crippen LogP contribution in [0.3, 0.4) is 0 Å². The minimum Gasteiger partial charge on any atom is -0.330 e. The maximum Gasteiger partial charge on any atom is 0.152 e. The normalized spacial score (nSPS) is 30.1. The Morgan fingerprint density at radius 1 is 1.21 bits per heavy atom. The summed E-state index contributed by atoms with van der Waals surface area (Å²) in [7, 11) is -2.73. The van der Waals surface area contributed by atoms with Crippen molar-refractivity contribution in [2.24, 2.45) is 11.1 Å². The van der Waals surface area contributed by atoms with Crippen molar-refractivity contribution in [1.82, 2.24) is 4.90 Å². The van der Waals surface area contributed by atoms with Crippen LogP contribution in [0.25, 0.3) is 0 Å². The molecule has 0 aromatic carbocycles. The number of hydrogen-bond acceptors (Lipinski definition) is 4. The summed E-state index contributed by atoms with van der Waals surface area (Å²) < 4.78 is 22.4. The molecule has 2 aliphatic rings. The van der Waals surface area contributed by atoms with E-state index in [4.69, 9.17) is 5.73 Å². The number of nitrogens with two attached hydrogens (primary N) is 1. The second kappa shape index (κ2) is 3.47. The summed E-state index contributed by atoms with van der Waals surface area (Å²) in [5, 5.41) is 0. The lowest BCUT2D eigenvalue weighted by molar-refractivity contribution is 0.238. The number of nitrogens with zero attached hydrogens (tertiary/aromatic N) is 1. The second-order valence-corrected chi connectivity index (χ2v) is 6.94. The van der Waals surface area contributed by atoms with E-state index in [1.165, 1.54) is 12.8 Å². The average molecular weight is 218 g/mol. The van der Waals surface area contributed by atoms with Gasteiger partial charge in [0.1, 0.15) is 0 Å². The van der Waals surface area contributed by atoms with Gasteiger partial charge in [-0.05, 0) is 24.8 Å². The van der Waals surface area contributed by atoms with Gasteiger partial charge < -0.3 is 10.6 Å². The van der Waals surface area contributed by atoms with Crippen molar-refractivity contribution in [2.45, 2.75) is 12.8 Å². The SMILES string of the molecule is NCC1(CN2CCS(=O)(=O)CC2)CC1. The molecule has 5 heteroatoms. The quantitative estimate of drug-likeness (QED) is 0.691. The van der Waals surface area contributed by atoms with Gasteiger partial charge in [0.15, 0.2) is 9.84 Å². The molecule has 2 rings (SSSR count). The Hall–Kier alpha value is -0.130. The van der Waals surface area contributed by atoms with E-state index in [9.17, 15) is 8.42 Å². The molecule has 4 nitrogen and oxygen atoms in total. The minimum atomic E-state index is -2.73. The Morgan fingerprint density at radius 3 is 2.21 bits per heavy atom. The van der Waals surface area contributed by atoms with Gasteiger partial charge in [-0.2, -0.15) is 0 Å². The van der Waals surface area contributed by atoms with Crippen LogP contribution >= 0.6 is 0 Å². The van der Waals surface area contributed by atoms with Crippen molar-refractivity contribution >= 4 is 9.84 Å². The van der Waals surface area contributed by atoms with E-state index in [2.05, 4.69) is 4.90 Å². The number of sulfone groups is 1. The highest BCUT2D eigenvalue weighted by atomic mass is 32.2. The Kier molecular flexibility index (Phi) is 2.57. The summed E-state index contributed by atoms with van der Waals surface area (Å²) >= 11 is 0. The average Bonchev–Trinajstić information content (AvgIpc) is 2.90. The Bertz CT molecular complexity index is 295. The number of hydrogen-bond donors (Lipinski definition) is 1. The largest absolute Gasteiger partial charge is 0.330 e. The Labute approximate surface area is 85.4 Å². The smallest absolute Gasteiger partial charge is 0.152 e. The monoisotopic (exact) mass is 218 g/mol. The molecule has 0 spiro atoms. The van der Waals surface area contributed by atoms with Gasteiger partial charge in [0.2, 0.25) is 0 Å². The molecule has 0 unspecified atom stereocenters. The van der Waals surface area contributed by atoms with Gasteiger partial charge in [0.05, 0.1) is 11.5 Å². The second-order valence-electron chi connectivity index (χ2n) is 4.63. The summed E-state index contributed by atoms with van der Waals surface area (Å²) in [6, 6.07) is 0. The first-order chi connectivity index (χ1) is 6.55. The third-order valence-corrected chi connectivity index (χ3v) is 5.00. The van der Waals surface area contributed by atoms with E-state index >= 15 is 0 Å². The summed E-state index contributed by atoms with van der Waals surface area (Å²) in [6.45, 7) is 3.14. The van der Waals surface area contributed by atoms with Crippen molar-refractivity contribution in [2.75, 3.05) is 37.7 Å². The van der Waals surface area contributed by atoms with Crippen molar-refractivity contribution in [3.8, 4) is 0 Å². The van der Waals surface area contributed by atoms with E-state index in [0.717, 1.165) is 13.1 Å². The van der Waals surface area contributed by atoms with Gasteiger partial charge in [-0.25, -0.2) is 8.42 Å². The summed E-state index contributed by atoms with van der Waals surface area (Å²) in [5.41, 5.74) is 6.03. The molecule has 82 valence electrons. The van der Waals surface area contributed by atoms with Crippen LogP contribution in [0, 0.1) is 5.41 Å². The van der Waals surface area contributed by atoms with Crippen LogP contribution in [-0.2, 0) is 9.84 Å². The van der Waals surface area contributed by atoms with Crippen molar-refractivity contribution < 1.29 is 8.42 Å². The fraction of sp³-hybridized carbons (Fsp3) is 1.00. The highest BCUT2D eigenvalue weighted by Crippen LogP contribution is 2.45. The summed E-state index contributed by atoms with van der Waals surface area (Å²) in [5.74, 6) is 0.654. The third kappa shape index (κ3) is 2.27. The Balaban J connectivity index is 1.84. The fourth-order valence-corrected chi connectivity index (χ4v) is 3.26. The molecule has 0 radical (unpaired) electrons. The number of rotatable bonds is 3. The first kappa shape index (κ1) is 10.4. The fourth-order valence-electron chi connectivity index (χ4n) is 1.99. The van der Waals surface area contributed by atoms with E-state index in [0.29, 0.717) is 30.0 Å². The van der Waals surface area contributed by atoms with Gasteiger partial charge >= 0.3 is 0 Å². The van der Waals surface area contributed by atoms with E-state index in [-0.39, 0.29) is 0 Å². The van der Waals surface area contributed by atoms with Crippen LogP contribution in [0.15, 0.2) is 0 Å². The molecule has 2 N–H and O–H groups in total. The first-order valence-electron chi connectivity index (χ1n) is 5.18. The van der Waals surface area contributed by atoms with Crippen LogP contribution in [0.5, 0.6) is 0 Å². The molecule has 1 saturated carbocycles. The molecule has 0 aromatic heterocycles. The van der Waals surface area contributed by atoms with Gasteiger partial charge in [-0.15, -0.1) is 0 Å². The first-order valence-corrected chi connectivity index (χ1v) is 7.00. The van der Waals surface area contributed by atoms with E-state index < -0.39 is 9.84 Å². The van der Waals surface area contributed by atoms with Crippen LogP contribution in [0.4, 0.5) is 0 Å². The third-order valence-electron chi connectivity index (χ3n) is 3.39. The molecule has 0 atom stereocenters. The summed E-state index contributed by atoms with van der Waals surface area (Å²) in [6.07, 6.45) is 2.43. The van der Waals surface area contributed by atoms with E-state index in [1.54, 1.807) is 0 Å². The molecular weight excluding hydrogens is 200 g/mol. The predicted octanol–water partition coefficient (Wildman–Crippen LogP) is -0.544. The highest BCUT2D eigenvalue weighted by molar-refractivity contribution is 7.91. The van der Waals surface area contributed by atoms with E-state index in [1.807, 2.05) is 0 Å². The molecule has 0 amide bonds. The maximum atomic E-state index is 11.2. The molecule has 1 heterocycles. The van der Waals surface area contributed by atoms with Gasteiger partial charge in [0.25, 0.3) is 0 Å². The van der Waals surface area contributed by atoms with Crippen molar-refractivity contribution in [3.05, 3.63) is 0 Å². The lowest BCUT2D eigenvalue weighted by Gasteiger charge is -2.29. The van der Waals surface area contributed by atoms with Crippen molar-refractivity contribution in [3.63, 3.8) is 0 Å². The molecule has 14 heavy (non-hydrogen) atoms. The van der Waals surface area contributed by atoms with Crippen LogP contribution in [-0.4, -0.2) is 51.0 Å². The molecule has 2 fully saturated rings. The Morgan fingerprint density at radius 2 is 1.79 bits per heavy atom. The van der Waals surface area contributed by atoms with Crippen LogP contribution in [0.2, 0.25) is 0 Å². The lowest BCUT2D eigenvalue weighted by atomic mass is 10.1. The molecule has 0 bridgehead atoms. The topological polar surface area (TPSA) is 63.4 Å². The summed E-state index contributed by atoms with van der Waals surface area (Å²) in [4.78, 5) is 2.25. The van der Waals surface area contributed by atoms with Crippen LogP contribution in [0.1, 0.15) is 12.8 Å². The molecule has 0 aromatic rings. The molecular formula is C9H18N2O2S. The maximum absolute atomic E-state index is 11.2. The predicted molar refractivity (Wildman–Crippen MR) is 55.8 cm³/mol. The lowest BCUT2D eigenvalue weighted by Crippen LogP contribution is -2.44. The minimum absolute atomic E-state index is 0.327.